The molecular formula is C20H26O2. The molecule has 118 valence electrons. The summed E-state index contributed by atoms with van der Waals surface area (Å²) in [6.07, 6.45) is 0. The first kappa shape index (κ1) is 15.3. The fourth-order valence-electron chi connectivity index (χ4n) is 5.32. The van der Waals surface area contributed by atoms with Crippen molar-refractivity contribution in [2.24, 2.45) is 16.7 Å². The first-order valence-electron chi connectivity index (χ1n) is 8.04. The van der Waals surface area contributed by atoms with E-state index in [1.54, 1.807) is 7.11 Å². The van der Waals surface area contributed by atoms with Crippen molar-refractivity contribution in [2.45, 2.75) is 47.0 Å². The molecule has 4 atom stereocenters. The van der Waals surface area contributed by atoms with Crippen LogP contribution in [0.2, 0.25) is 0 Å². The van der Waals surface area contributed by atoms with Crippen LogP contribution in [-0.4, -0.2) is 12.9 Å². The van der Waals surface area contributed by atoms with Gasteiger partial charge >= 0.3 is 0 Å². The van der Waals surface area contributed by atoms with Crippen LogP contribution in [0.3, 0.4) is 0 Å². The fourth-order valence-corrected chi connectivity index (χ4v) is 5.32. The number of ether oxygens (including phenoxy) is 1. The number of carbonyl (C=O) groups is 1. The van der Waals surface area contributed by atoms with Gasteiger partial charge < -0.3 is 4.74 Å². The molecule has 22 heavy (non-hydrogen) atoms. The lowest BCUT2D eigenvalue weighted by atomic mass is 9.34. The number of hydrogen-bond acceptors (Lipinski definition) is 2. The van der Waals surface area contributed by atoms with Crippen molar-refractivity contribution < 1.29 is 9.53 Å². The highest BCUT2D eigenvalue weighted by molar-refractivity contribution is 6.06. The maximum Gasteiger partial charge on any atom is 0.151 e. The van der Waals surface area contributed by atoms with Gasteiger partial charge in [0.05, 0.1) is 12.5 Å². The van der Waals surface area contributed by atoms with E-state index >= 15 is 0 Å². The van der Waals surface area contributed by atoms with Crippen LogP contribution in [0.15, 0.2) is 35.4 Å². The van der Waals surface area contributed by atoms with Gasteiger partial charge in [0.1, 0.15) is 5.75 Å². The van der Waals surface area contributed by atoms with Gasteiger partial charge in [-0.15, -0.1) is 0 Å². The Balaban J connectivity index is 2.18. The second kappa shape index (κ2) is 4.24. The van der Waals surface area contributed by atoms with Crippen LogP contribution in [0.1, 0.15) is 47.1 Å². The van der Waals surface area contributed by atoms with E-state index < -0.39 is 5.41 Å². The van der Waals surface area contributed by atoms with E-state index in [0.717, 1.165) is 11.3 Å². The Morgan fingerprint density at radius 3 is 2.09 bits per heavy atom. The van der Waals surface area contributed by atoms with Crippen LogP contribution in [0.25, 0.3) is 0 Å². The molecule has 0 aliphatic heterocycles. The van der Waals surface area contributed by atoms with Gasteiger partial charge in [0.15, 0.2) is 5.78 Å². The van der Waals surface area contributed by atoms with Gasteiger partial charge in [-0.1, -0.05) is 44.1 Å². The van der Waals surface area contributed by atoms with E-state index in [2.05, 4.69) is 41.5 Å². The third-order valence-electron chi connectivity index (χ3n) is 7.49. The monoisotopic (exact) mass is 298 g/mol. The SMILES string of the molecule is COc1ccc([C@]2(C)C(=O)[C@@]3(C)C(C)C(C)=C(C)[C@@]23C)cc1. The van der Waals surface area contributed by atoms with Crippen molar-refractivity contribution in [3.05, 3.63) is 41.0 Å². The van der Waals surface area contributed by atoms with E-state index in [1.807, 2.05) is 24.3 Å². The van der Waals surface area contributed by atoms with Gasteiger partial charge in [-0.2, -0.15) is 0 Å². The standard InChI is InChI=1S/C20H26O2/c1-12-13(2)18(4)17(21)19(5,20(18,6)14(12)3)15-8-10-16(22-7)11-9-15/h8-11,13H,1-7H3/t13?,18-,19-,20-/m1/s1. The second-order valence-corrected chi connectivity index (χ2v) is 7.54. The first-order chi connectivity index (χ1) is 10.2. The Bertz CT molecular complexity index is 684. The zero-order valence-corrected chi connectivity index (χ0v) is 14.7. The van der Waals surface area contributed by atoms with Crippen LogP contribution >= 0.6 is 0 Å². The van der Waals surface area contributed by atoms with Gasteiger partial charge in [-0.25, -0.2) is 0 Å². The van der Waals surface area contributed by atoms with Crippen molar-refractivity contribution in [3.8, 4) is 5.75 Å². The summed E-state index contributed by atoms with van der Waals surface area (Å²) in [7, 11) is 1.67. The van der Waals surface area contributed by atoms with Crippen LogP contribution in [0.5, 0.6) is 5.75 Å². The second-order valence-electron chi connectivity index (χ2n) is 7.54. The lowest BCUT2D eigenvalue weighted by molar-refractivity contribution is -0.173. The van der Waals surface area contributed by atoms with Crippen LogP contribution in [0.4, 0.5) is 0 Å². The van der Waals surface area contributed by atoms with E-state index in [9.17, 15) is 4.79 Å². The Kier molecular flexibility index (Phi) is 2.96. The molecule has 0 saturated heterocycles. The van der Waals surface area contributed by atoms with Gasteiger partial charge in [0, 0.05) is 10.8 Å². The molecule has 0 spiro atoms. The Hall–Kier alpha value is -1.57. The van der Waals surface area contributed by atoms with Crippen LogP contribution in [0, 0.1) is 16.7 Å². The van der Waals surface area contributed by atoms with Crippen LogP contribution in [-0.2, 0) is 10.2 Å². The minimum Gasteiger partial charge on any atom is -0.497 e. The summed E-state index contributed by atoms with van der Waals surface area (Å²) >= 11 is 0. The molecule has 0 bridgehead atoms. The van der Waals surface area contributed by atoms with Crippen molar-refractivity contribution in [2.75, 3.05) is 7.11 Å². The largest absolute Gasteiger partial charge is 0.497 e. The Morgan fingerprint density at radius 2 is 1.59 bits per heavy atom. The quantitative estimate of drug-likeness (QED) is 0.750. The average Bonchev–Trinajstić information content (AvgIpc) is 2.67. The zero-order valence-electron chi connectivity index (χ0n) is 14.7. The lowest BCUT2D eigenvalue weighted by Crippen LogP contribution is -2.72. The molecule has 0 amide bonds. The lowest BCUT2D eigenvalue weighted by Gasteiger charge is -2.66. The number of rotatable bonds is 2. The summed E-state index contributed by atoms with van der Waals surface area (Å²) in [6.45, 7) is 13.2. The molecule has 1 aromatic carbocycles. The van der Waals surface area contributed by atoms with Crippen molar-refractivity contribution >= 4 is 5.78 Å². The number of fused-ring (bicyclic) bond motifs is 1. The number of Topliss-reactive ketones (excluding diaryl/α,β-unsaturated/α-hetero) is 1. The molecule has 1 fully saturated rings. The maximum atomic E-state index is 13.3. The molecule has 1 aromatic rings. The van der Waals surface area contributed by atoms with E-state index in [-0.39, 0.29) is 10.8 Å². The predicted octanol–water partition coefficient (Wildman–Crippen LogP) is 4.53. The van der Waals surface area contributed by atoms with Crippen molar-refractivity contribution in [1.29, 1.82) is 0 Å². The van der Waals surface area contributed by atoms with Gasteiger partial charge in [-0.3, -0.25) is 4.79 Å². The highest BCUT2D eigenvalue weighted by atomic mass is 16.5. The topological polar surface area (TPSA) is 26.3 Å². The molecule has 0 radical (unpaired) electrons. The normalized spacial score (nSPS) is 40.5. The maximum absolute atomic E-state index is 13.3. The zero-order chi connectivity index (χ0) is 16.5. The molecule has 2 heteroatoms. The fraction of sp³-hybridized carbons (Fsp3) is 0.550. The van der Waals surface area contributed by atoms with E-state index in [0.29, 0.717) is 11.7 Å². The number of allylic oxidation sites excluding steroid dienone is 2. The summed E-state index contributed by atoms with van der Waals surface area (Å²) in [5.74, 6) is 1.52. The van der Waals surface area contributed by atoms with Gasteiger partial charge in [0.25, 0.3) is 0 Å². The third kappa shape index (κ3) is 1.27. The highest BCUT2D eigenvalue weighted by Gasteiger charge is 2.78. The van der Waals surface area contributed by atoms with Gasteiger partial charge in [-0.05, 0) is 44.4 Å². The summed E-state index contributed by atoms with van der Waals surface area (Å²) < 4.78 is 5.25. The summed E-state index contributed by atoms with van der Waals surface area (Å²) in [4.78, 5) is 13.3. The molecule has 3 rings (SSSR count). The van der Waals surface area contributed by atoms with Crippen molar-refractivity contribution in [1.82, 2.24) is 0 Å². The van der Waals surface area contributed by atoms with E-state index in [1.165, 1.54) is 11.1 Å². The number of ketones is 1. The molecule has 0 heterocycles. The summed E-state index contributed by atoms with van der Waals surface area (Å²) in [5, 5.41) is 0. The summed E-state index contributed by atoms with van der Waals surface area (Å²) in [5.41, 5.74) is 3.02. The average molecular weight is 298 g/mol. The first-order valence-corrected chi connectivity index (χ1v) is 8.04. The highest BCUT2D eigenvalue weighted by Crippen LogP contribution is 2.76. The molecule has 0 N–H and O–H groups in total. The molecule has 0 aromatic heterocycles. The molecule has 2 aliphatic carbocycles. The summed E-state index contributed by atoms with van der Waals surface area (Å²) in [6, 6.07) is 8.01. The number of hydrogen-bond donors (Lipinski definition) is 0. The van der Waals surface area contributed by atoms with Crippen LogP contribution < -0.4 is 4.74 Å². The van der Waals surface area contributed by atoms with E-state index in [4.69, 9.17) is 4.74 Å². The van der Waals surface area contributed by atoms with Gasteiger partial charge in [0.2, 0.25) is 0 Å². The minimum absolute atomic E-state index is 0.116. The predicted molar refractivity (Wildman–Crippen MR) is 89.1 cm³/mol. The Labute approximate surface area is 133 Å². The number of carbonyl (C=O) groups excluding carboxylic acids is 1. The van der Waals surface area contributed by atoms with Crippen molar-refractivity contribution in [3.63, 3.8) is 0 Å². The molecule has 2 aliphatic rings. The molecular weight excluding hydrogens is 272 g/mol. The molecule has 2 nitrogen and oxygen atoms in total. The molecule has 1 unspecified atom stereocenters. The number of methoxy groups -OCH3 is 1. The third-order valence-corrected chi connectivity index (χ3v) is 7.49. The minimum atomic E-state index is -0.454. The molecule has 1 saturated carbocycles. The Morgan fingerprint density at radius 1 is 1.05 bits per heavy atom. The number of benzene rings is 1. The smallest absolute Gasteiger partial charge is 0.151 e.